The lowest BCUT2D eigenvalue weighted by Gasteiger charge is -2.44. The monoisotopic (exact) mass is 334 g/mol. The quantitative estimate of drug-likeness (QED) is 0.904. The van der Waals surface area contributed by atoms with Crippen molar-refractivity contribution in [2.24, 2.45) is 0 Å². The topological polar surface area (TPSA) is 58.6 Å². The first-order valence-corrected chi connectivity index (χ1v) is 8.26. The third kappa shape index (κ3) is 2.97. The van der Waals surface area contributed by atoms with Crippen LogP contribution in [0.4, 0.5) is 9.18 Å². The van der Waals surface area contributed by atoms with Crippen molar-refractivity contribution in [1.82, 2.24) is 10.2 Å². The summed E-state index contributed by atoms with van der Waals surface area (Å²) in [6.07, 6.45) is 1.23. The van der Waals surface area contributed by atoms with Crippen molar-refractivity contribution in [1.29, 1.82) is 0 Å². The molecule has 24 heavy (non-hydrogen) atoms. The fourth-order valence-corrected chi connectivity index (χ4v) is 3.62. The smallest absolute Gasteiger partial charge is 0.411 e. The van der Waals surface area contributed by atoms with Gasteiger partial charge < -0.3 is 10.1 Å². The van der Waals surface area contributed by atoms with Gasteiger partial charge in [0.1, 0.15) is 17.0 Å². The van der Waals surface area contributed by atoms with E-state index in [1.807, 2.05) is 20.8 Å². The second-order valence-corrected chi connectivity index (χ2v) is 7.59. The zero-order chi connectivity index (χ0) is 17.5. The molecule has 6 heteroatoms. The fourth-order valence-electron chi connectivity index (χ4n) is 3.62. The highest BCUT2D eigenvalue weighted by Gasteiger charge is 2.57. The molecule has 2 unspecified atom stereocenters. The molecule has 2 aliphatic heterocycles. The van der Waals surface area contributed by atoms with E-state index in [1.165, 1.54) is 12.1 Å². The van der Waals surface area contributed by atoms with Crippen LogP contribution in [-0.4, -0.2) is 40.6 Å². The number of piperazine rings is 1. The summed E-state index contributed by atoms with van der Waals surface area (Å²) in [4.78, 5) is 27.0. The highest BCUT2D eigenvalue weighted by atomic mass is 19.1. The van der Waals surface area contributed by atoms with Gasteiger partial charge in [-0.2, -0.15) is 0 Å². The summed E-state index contributed by atoms with van der Waals surface area (Å²) in [6, 6.07) is 6.01. The van der Waals surface area contributed by atoms with Gasteiger partial charge in [-0.05, 0) is 51.3 Å². The molecule has 0 saturated carbocycles. The molecule has 5 nitrogen and oxygen atoms in total. The van der Waals surface area contributed by atoms with Crippen molar-refractivity contribution in [3.63, 3.8) is 0 Å². The van der Waals surface area contributed by atoms with Crippen molar-refractivity contribution in [3.05, 3.63) is 35.6 Å². The molecule has 2 atom stereocenters. The number of carbonyl (C=O) groups excluding carboxylic acids is 2. The number of nitrogens with zero attached hydrogens (tertiary/aromatic N) is 1. The number of amides is 2. The first-order valence-electron chi connectivity index (χ1n) is 8.26. The van der Waals surface area contributed by atoms with E-state index in [0.717, 1.165) is 12.0 Å². The second-order valence-electron chi connectivity index (χ2n) is 7.59. The largest absolute Gasteiger partial charge is 0.444 e. The number of hydrogen-bond acceptors (Lipinski definition) is 3. The first-order chi connectivity index (χ1) is 11.2. The van der Waals surface area contributed by atoms with Crippen LogP contribution in [0, 0.1) is 5.82 Å². The van der Waals surface area contributed by atoms with Crippen LogP contribution in [0.2, 0.25) is 0 Å². The molecule has 3 rings (SSSR count). The maximum atomic E-state index is 13.2. The van der Waals surface area contributed by atoms with Gasteiger partial charge in [0.05, 0.1) is 6.04 Å². The van der Waals surface area contributed by atoms with Gasteiger partial charge >= 0.3 is 6.09 Å². The summed E-state index contributed by atoms with van der Waals surface area (Å²) in [5.74, 6) is -0.482. The Labute approximate surface area is 141 Å². The Morgan fingerprint density at radius 1 is 1.38 bits per heavy atom. The van der Waals surface area contributed by atoms with Gasteiger partial charge in [0.15, 0.2) is 0 Å². The fraction of sp³-hybridized carbons (Fsp3) is 0.556. The molecule has 2 aliphatic rings. The molecule has 0 aliphatic carbocycles. The van der Waals surface area contributed by atoms with Gasteiger partial charge in [-0.3, -0.25) is 9.69 Å². The molecule has 2 bridgehead atoms. The molecule has 0 radical (unpaired) electrons. The number of hydrogen-bond donors (Lipinski definition) is 1. The lowest BCUT2D eigenvalue weighted by molar-refractivity contribution is -0.136. The Morgan fingerprint density at radius 2 is 2.04 bits per heavy atom. The van der Waals surface area contributed by atoms with Crippen molar-refractivity contribution in [2.75, 3.05) is 6.54 Å². The zero-order valence-corrected chi connectivity index (χ0v) is 14.3. The van der Waals surface area contributed by atoms with E-state index in [9.17, 15) is 14.0 Å². The molecular formula is C18H23FN2O3. The minimum Gasteiger partial charge on any atom is -0.444 e. The minimum atomic E-state index is -0.955. The Kier molecular flexibility index (Phi) is 4.01. The van der Waals surface area contributed by atoms with Gasteiger partial charge in [0.25, 0.3) is 0 Å². The van der Waals surface area contributed by atoms with E-state index in [4.69, 9.17) is 4.74 Å². The third-order valence-corrected chi connectivity index (χ3v) is 4.64. The minimum absolute atomic E-state index is 0.0574. The number of nitrogens with one attached hydrogen (secondary N) is 1. The van der Waals surface area contributed by atoms with Crippen LogP contribution < -0.4 is 5.32 Å². The van der Waals surface area contributed by atoms with Crippen molar-refractivity contribution in [2.45, 2.75) is 57.2 Å². The van der Waals surface area contributed by atoms with E-state index in [2.05, 4.69) is 5.32 Å². The summed E-state index contributed by atoms with van der Waals surface area (Å²) in [5.41, 5.74) is -0.757. The molecule has 130 valence electrons. The van der Waals surface area contributed by atoms with Crippen molar-refractivity contribution >= 4 is 12.0 Å². The van der Waals surface area contributed by atoms with Crippen LogP contribution in [0.1, 0.15) is 39.2 Å². The van der Waals surface area contributed by atoms with Crippen LogP contribution in [0.5, 0.6) is 0 Å². The van der Waals surface area contributed by atoms with Gasteiger partial charge in [-0.25, -0.2) is 9.18 Å². The lowest BCUT2D eigenvalue weighted by atomic mass is 9.87. The Bertz CT molecular complexity index is 653. The van der Waals surface area contributed by atoms with Crippen molar-refractivity contribution < 1.29 is 18.7 Å². The molecule has 0 aromatic heterocycles. The number of rotatable bonds is 2. The number of carbonyl (C=O) groups is 2. The third-order valence-electron chi connectivity index (χ3n) is 4.64. The van der Waals surface area contributed by atoms with Gasteiger partial charge in [-0.15, -0.1) is 0 Å². The standard InChI is InChI=1S/C18H23FN2O3/c1-17(2,3)24-16(23)21-14-8-9-18(21,15(22)20-11-14)10-12-4-6-13(19)7-5-12/h4-7,14H,8-11H2,1-3H3,(H,20,22). The summed E-state index contributed by atoms with van der Waals surface area (Å²) in [5, 5.41) is 2.90. The molecule has 1 aromatic rings. The number of benzene rings is 1. The van der Waals surface area contributed by atoms with E-state index in [1.54, 1.807) is 17.0 Å². The van der Waals surface area contributed by atoms with E-state index < -0.39 is 17.2 Å². The van der Waals surface area contributed by atoms with Crippen LogP contribution >= 0.6 is 0 Å². The molecule has 2 saturated heterocycles. The highest BCUT2D eigenvalue weighted by molar-refractivity contribution is 5.92. The molecule has 0 spiro atoms. The summed E-state index contributed by atoms with van der Waals surface area (Å²) in [7, 11) is 0. The van der Waals surface area contributed by atoms with Gasteiger partial charge in [-0.1, -0.05) is 12.1 Å². The van der Waals surface area contributed by atoms with Crippen LogP contribution in [-0.2, 0) is 16.0 Å². The van der Waals surface area contributed by atoms with E-state index in [0.29, 0.717) is 19.4 Å². The molecule has 2 heterocycles. The maximum Gasteiger partial charge on any atom is 0.411 e. The van der Waals surface area contributed by atoms with E-state index >= 15 is 0 Å². The lowest BCUT2D eigenvalue weighted by Crippen LogP contribution is -2.67. The average molecular weight is 334 g/mol. The Morgan fingerprint density at radius 3 is 2.67 bits per heavy atom. The van der Waals surface area contributed by atoms with Gasteiger partial charge in [0.2, 0.25) is 5.91 Å². The van der Waals surface area contributed by atoms with Crippen LogP contribution in [0.3, 0.4) is 0 Å². The Balaban J connectivity index is 1.92. The Hall–Kier alpha value is -2.11. The average Bonchev–Trinajstić information content (AvgIpc) is 2.77. The summed E-state index contributed by atoms with van der Waals surface area (Å²) < 4.78 is 18.7. The van der Waals surface area contributed by atoms with Gasteiger partial charge in [0, 0.05) is 13.0 Å². The molecule has 2 amide bonds. The highest BCUT2D eigenvalue weighted by Crippen LogP contribution is 2.40. The number of fused-ring (bicyclic) bond motifs is 2. The molecule has 2 fully saturated rings. The van der Waals surface area contributed by atoms with Crippen molar-refractivity contribution in [3.8, 4) is 0 Å². The first kappa shape index (κ1) is 16.7. The number of halogens is 1. The zero-order valence-electron chi connectivity index (χ0n) is 14.3. The predicted octanol–water partition coefficient (Wildman–Crippen LogP) is 2.64. The normalized spacial score (nSPS) is 26.2. The maximum absolute atomic E-state index is 13.2. The predicted molar refractivity (Wildman–Crippen MR) is 86.9 cm³/mol. The number of ether oxygens (including phenoxy) is 1. The SMILES string of the molecule is CC(C)(C)OC(=O)N1C2CCC1(Cc1ccc(F)cc1)C(=O)NC2. The second kappa shape index (κ2) is 5.76. The molecular weight excluding hydrogens is 311 g/mol. The molecule has 1 aromatic carbocycles. The molecule has 1 N–H and O–H groups in total. The summed E-state index contributed by atoms with van der Waals surface area (Å²) >= 11 is 0. The van der Waals surface area contributed by atoms with E-state index in [-0.39, 0.29) is 17.8 Å². The van der Waals surface area contributed by atoms with Crippen LogP contribution in [0.15, 0.2) is 24.3 Å². The summed E-state index contributed by atoms with van der Waals surface area (Å²) in [6.45, 7) is 5.87. The van der Waals surface area contributed by atoms with Crippen LogP contribution in [0.25, 0.3) is 0 Å².